The molecule has 0 bridgehead atoms. The predicted molar refractivity (Wildman–Crippen MR) is 113 cm³/mol. The molecule has 0 rings (SSSR count). The summed E-state index contributed by atoms with van der Waals surface area (Å²) in [5.41, 5.74) is 2.45. The van der Waals surface area contributed by atoms with Crippen molar-refractivity contribution in [1.82, 2.24) is 10.4 Å². The first-order valence-electron chi connectivity index (χ1n) is 9.99. The molecular weight excluding hydrogens is 380 g/mol. The van der Waals surface area contributed by atoms with E-state index in [1.165, 1.54) is 11.8 Å². The largest absolute Gasteiger partial charge is 0.449 e. The van der Waals surface area contributed by atoms with Gasteiger partial charge in [-0.05, 0) is 32.1 Å². The van der Waals surface area contributed by atoms with Crippen molar-refractivity contribution < 1.29 is 23.9 Å². The second kappa shape index (κ2) is 12.2. The minimum Gasteiger partial charge on any atom is -0.449 e. The van der Waals surface area contributed by atoms with E-state index in [2.05, 4.69) is 26.2 Å². The lowest BCUT2D eigenvalue weighted by Crippen LogP contribution is -2.55. The van der Waals surface area contributed by atoms with Gasteiger partial charge in [-0.1, -0.05) is 66.1 Å². The quantitative estimate of drug-likeness (QED) is 0.522. The topological polar surface area (TPSA) is 84.9 Å². The summed E-state index contributed by atoms with van der Waals surface area (Å²) in [6.07, 6.45) is 1.29. The highest BCUT2D eigenvalue weighted by Crippen LogP contribution is 2.38. The summed E-state index contributed by atoms with van der Waals surface area (Å²) < 4.78 is 9.63. The Bertz CT molecular complexity index is 517. The van der Waals surface area contributed by atoms with Crippen LogP contribution < -0.4 is 5.43 Å². The number of hydrogen-bond acceptors (Lipinski definition) is 6. The summed E-state index contributed by atoms with van der Waals surface area (Å²) in [6, 6.07) is -0.826. The number of hydrazine groups is 1. The zero-order valence-electron chi connectivity index (χ0n) is 18.7. The number of carbonyl (C=O) groups excluding carboxylic acids is 3. The zero-order chi connectivity index (χ0) is 22.0. The molecule has 0 spiro atoms. The van der Waals surface area contributed by atoms with Gasteiger partial charge in [0.25, 0.3) is 0 Å². The third-order valence-electron chi connectivity index (χ3n) is 3.70. The van der Waals surface area contributed by atoms with Gasteiger partial charge < -0.3 is 9.47 Å². The van der Waals surface area contributed by atoms with Gasteiger partial charge in [0.05, 0.1) is 13.2 Å². The fourth-order valence-corrected chi connectivity index (χ4v) is 4.52. The van der Waals surface area contributed by atoms with Crippen LogP contribution in [0.3, 0.4) is 0 Å². The van der Waals surface area contributed by atoms with Crippen LogP contribution in [0.25, 0.3) is 0 Å². The summed E-state index contributed by atoms with van der Waals surface area (Å²) in [5.74, 6) is 0. The molecule has 1 N–H and O–H groups in total. The van der Waals surface area contributed by atoms with E-state index in [4.69, 9.17) is 9.47 Å². The molecule has 0 aromatic rings. The van der Waals surface area contributed by atoms with E-state index in [0.29, 0.717) is 6.42 Å². The Balaban J connectivity index is 5.59. The van der Waals surface area contributed by atoms with E-state index < -0.39 is 18.2 Å². The summed E-state index contributed by atoms with van der Waals surface area (Å²) in [7, 11) is 0. The van der Waals surface area contributed by atoms with Crippen LogP contribution in [0.1, 0.15) is 81.1 Å². The van der Waals surface area contributed by atoms with Crippen LogP contribution >= 0.6 is 11.8 Å². The number of hydrogen-bond donors (Lipinski definition) is 1. The number of rotatable bonds is 9. The molecule has 0 aliphatic heterocycles. The van der Waals surface area contributed by atoms with Crippen LogP contribution in [0.5, 0.6) is 0 Å². The van der Waals surface area contributed by atoms with E-state index in [-0.39, 0.29) is 28.5 Å². The molecule has 7 nitrogen and oxygen atoms in total. The molecule has 0 saturated heterocycles. The lowest BCUT2D eigenvalue weighted by atomic mass is 9.86. The normalized spacial score (nSPS) is 12.9. The predicted octanol–water partition coefficient (Wildman–Crippen LogP) is 5.14. The summed E-state index contributed by atoms with van der Waals surface area (Å²) >= 11 is 1.21. The maximum atomic E-state index is 13.2. The Morgan fingerprint density at radius 3 is 2.04 bits per heavy atom. The molecule has 164 valence electrons. The van der Waals surface area contributed by atoms with Crippen LogP contribution in [0, 0.1) is 5.41 Å². The van der Waals surface area contributed by atoms with Crippen molar-refractivity contribution >= 4 is 29.1 Å². The molecule has 0 saturated carbocycles. The number of amides is 2. The van der Waals surface area contributed by atoms with Gasteiger partial charge in [-0.25, -0.2) is 20.0 Å². The van der Waals surface area contributed by atoms with E-state index in [0.717, 1.165) is 24.3 Å². The van der Waals surface area contributed by atoms with Gasteiger partial charge in [0.15, 0.2) is 0 Å². The monoisotopic (exact) mass is 418 g/mol. The van der Waals surface area contributed by atoms with Crippen molar-refractivity contribution in [2.75, 3.05) is 13.2 Å². The first-order valence-corrected chi connectivity index (χ1v) is 10.8. The smallest absolute Gasteiger partial charge is 0.429 e. The molecule has 0 unspecified atom stereocenters. The third kappa shape index (κ3) is 10.8. The molecule has 8 heteroatoms. The van der Waals surface area contributed by atoms with Crippen molar-refractivity contribution in [3.8, 4) is 0 Å². The number of thioether (sulfide) groups is 1. The minimum atomic E-state index is -0.826. The summed E-state index contributed by atoms with van der Waals surface area (Å²) in [6.45, 7) is 16.1. The second-order valence-corrected chi connectivity index (χ2v) is 10.2. The van der Waals surface area contributed by atoms with Gasteiger partial charge in [-0.3, -0.25) is 4.79 Å². The molecule has 2 amide bonds. The molecule has 0 heterocycles. The molecule has 0 aliphatic carbocycles. The minimum absolute atomic E-state index is 0.0553. The third-order valence-corrected chi connectivity index (χ3v) is 4.87. The first-order chi connectivity index (χ1) is 12.9. The number of unbranched alkanes of at least 4 members (excludes halogenated alkanes) is 1. The maximum Gasteiger partial charge on any atom is 0.429 e. The highest BCUT2D eigenvalue weighted by Gasteiger charge is 2.37. The molecule has 0 aromatic carbocycles. The van der Waals surface area contributed by atoms with Crippen LogP contribution in [0.4, 0.5) is 9.59 Å². The molecule has 1 atom stereocenters. The Hall–Kier alpha value is -1.44. The van der Waals surface area contributed by atoms with Gasteiger partial charge in [0, 0.05) is 4.75 Å². The van der Waals surface area contributed by atoms with Crippen LogP contribution in [0.15, 0.2) is 0 Å². The summed E-state index contributed by atoms with van der Waals surface area (Å²) in [4.78, 5) is 37.6. The number of ether oxygens (including phenoxy) is 2. The highest BCUT2D eigenvalue weighted by atomic mass is 32.2. The van der Waals surface area contributed by atoms with Gasteiger partial charge in [0.2, 0.25) is 5.12 Å². The van der Waals surface area contributed by atoms with Gasteiger partial charge >= 0.3 is 12.2 Å². The average Bonchev–Trinajstić information content (AvgIpc) is 2.51. The Morgan fingerprint density at radius 1 is 1.00 bits per heavy atom. The van der Waals surface area contributed by atoms with E-state index in [9.17, 15) is 14.4 Å². The van der Waals surface area contributed by atoms with Crippen LogP contribution in [-0.2, 0) is 14.3 Å². The molecular formula is C20H38N2O5S. The van der Waals surface area contributed by atoms with E-state index in [1.54, 1.807) is 13.8 Å². The zero-order valence-corrected chi connectivity index (χ0v) is 19.5. The Labute approximate surface area is 174 Å². The summed E-state index contributed by atoms with van der Waals surface area (Å²) in [5, 5.41) is 0.812. The number of nitrogens with zero attached hydrogens (tertiary/aromatic N) is 1. The van der Waals surface area contributed by atoms with Crippen molar-refractivity contribution in [1.29, 1.82) is 0 Å². The molecule has 0 radical (unpaired) electrons. The van der Waals surface area contributed by atoms with E-state index in [1.807, 2.05) is 20.8 Å². The maximum absolute atomic E-state index is 13.2. The Kier molecular flexibility index (Phi) is 11.6. The SMILES string of the molecule is CCCC[C@@H](C(=O)SC(C)(C)CC(C)(C)C)N(NC(=O)OCC)C(=O)OCC. The van der Waals surface area contributed by atoms with Crippen molar-refractivity contribution in [2.24, 2.45) is 5.41 Å². The van der Waals surface area contributed by atoms with Crippen molar-refractivity contribution in [2.45, 2.75) is 91.9 Å². The van der Waals surface area contributed by atoms with E-state index >= 15 is 0 Å². The Morgan fingerprint density at radius 2 is 1.57 bits per heavy atom. The first kappa shape index (κ1) is 26.6. The molecule has 0 fully saturated rings. The standard InChI is InChI=1S/C20H38N2O5S/c1-9-12-13-15(16(23)28-20(7,8)14-19(4,5)6)22(18(25)27-11-3)21-17(24)26-10-2/h15H,9-14H2,1-8H3,(H,21,24)/t15-/m0/s1. The highest BCUT2D eigenvalue weighted by molar-refractivity contribution is 8.14. The molecule has 28 heavy (non-hydrogen) atoms. The number of carbonyl (C=O) groups is 3. The fourth-order valence-electron chi connectivity index (χ4n) is 3.11. The van der Waals surface area contributed by atoms with Crippen LogP contribution in [0.2, 0.25) is 0 Å². The average molecular weight is 419 g/mol. The van der Waals surface area contributed by atoms with Crippen molar-refractivity contribution in [3.05, 3.63) is 0 Å². The molecule has 0 aromatic heterocycles. The number of nitrogens with one attached hydrogen (secondary N) is 1. The fraction of sp³-hybridized carbons (Fsp3) is 0.850. The lowest BCUT2D eigenvalue weighted by molar-refractivity contribution is -0.116. The van der Waals surface area contributed by atoms with Gasteiger partial charge in [-0.2, -0.15) is 0 Å². The van der Waals surface area contributed by atoms with Crippen molar-refractivity contribution in [3.63, 3.8) is 0 Å². The van der Waals surface area contributed by atoms with Gasteiger partial charge in [0.1, 0.15) is 6.04 Å². The second-order valence-electron chi connectivity index (χ2n) is 8.48. The lowest BCUT2D eigenvalue weighted by Gasteiger charge is -2.34. The van der Waals surface area contributed by atoms with Crippen LogP contribution in [-0.4, -0.2) is 46.3 Å². The molecule has 0 aliphatic rings. The van der Waals surface area contributed by atoms with Gasteiger partial charge in [-0.15, -0.1) is 0 Å².